The second-order valence-corrected chi connectivity index (χ2v) is 11.5. The number of ether oxygens (including phenoxy) is 2. The molecule has 3 aromatic carbocycles. The number of benzene rings is 3. The number of H-pyrrole nitrogens is 1. The summed E-state index contributed by atoms with van der Waals surface area (Å²) in [6, 6.07) is 20.9. The van der Waals surface area contributed by atoms with E-state index in [0.29, 0.717) is 0 Å². The highest BCUT2D eigenvalue weighted by molar-refractivity contribution is 6.10. The molecule has 7 nitrogen and oxygen atoms in total. The van der Waals surface area contributed by atoms with Gasteiger partial charge in [-0.05, 0) is 72.9 Å². The van der Waals surface area contributed by atoms with Gasteiger partial charge >= 0.3 is 0 Å². The number of morpholine rings is 1. The highest BCUT2D eigenvalue weighted by atomic mass is 16.5. The Bertz CT molecular complexity index is 1630. The maximum absolute atomic E-state index is 13.1. The molecule has 2 N–H and O–H groups in total. The molecule has 1 amide bonds. The van der Waals surface area contributed by atoms with E-state index in [1.54, 1.807) is 7.11 Å². The highest BCUT2D eigenvalue weighted by Gasteiger charge is 2.65. The quantitative estimate of drug-likeness (QED) is 0.330. The molecule has 1 aliphatic carbocycles. The minimum atomic E-state index is -0.511. The number of anilines is 1. The molecule has 7 heteroatoms. The van der Waals surface area contributed by atoms with E-state index in [-0.39, 0.29) is 24.0 Å². The van der Waals surface area contributed by atoms with Crippen molar-refractivity contribution in [2.24, 2.45) is 0 Å². The summed E-state index contributed by atoms with van der Waals surface area (Å²) in [6.07, 6.45) is 5.52. The molecule has 2 aliphatic heterocycles. The van der Waals surface area contributed by atoms with Crippen LogP contribution in [0.3, 0.4) is 0 Å². The molecule has 7 rings (SSSR count). The van der Waals surface area contributed by atoms with E-state index in [1.807, 2.05) is 18.2 Å². The number of fused-ring (bicyclic) bond motifs is 3. The molecule has 1 aromatic heterocycles. The van der Waals surface area contributed by atoms with Crippen molar-refractivity contribution in [3.63, 3.8) is 0 Å². The highest BCUT2D eigenvalue weighted by Crippen LogP contribution is 2.65. The molecule has 40 heavy (non-hydrogen) atoms. The molecule has 0 bridgehead atoms. The Morgan fingerprint density at radius 2 is 1.93 bits per heavy atom. The van der Waals surface area contributed by atoms with Crippen molar-refractivity contribution in [1.82, 2.24) is 15.1 Å². The van der Waals surface area contributed by atoms with Gasteiger partial charge in [-0.2, -0.15) is 5.10 Å². The lowest BCUT2D eigenvalue weighted by atomic mass is 9.91. The number of amides is 1. The number of nitrogens with zero attached hydrogens (tertiary/aromatic N) is 2. The van der Waals surface area contributed by atoms with Crippen LogP contribution in [0.4, 0.5) is 5.69 Å². The summed E-state index contributed by atoms with van der Waals surface area (Å²) in [5, 5.41) is 11.9. The number of carbonyl (C=O) groups is 1. The van der Waals surface area contributed by atoms with Crippen LogP contribution in [-0.4, -0.2) is 53.4 Å². The summed E-state index contributed by atoms with van der Waals surface area (Å²) < 4.78 is 11.3. The fraction of sp³-hybridized carbons (Fsp3) is 0.333. The Morgan fingerprint density at radius 1 is 1.07 bits per heavy atom. The van der Waals surface area contributed by atoms with Gasteiger partial charge in [0.1, 0.15) is 5.75 Å². The van der Waals surface area contributed by atoms with Gasteiger partial charge in [0.2, 0.25) is 5.91 Å². The van der Waals surface area contributed by atoms with Crippen LogP contribution in [0.15, 0.2) is 60.7 Å². The van der Waals surface area contributed by atoms with Crippen LogP contribution >= 0.6 is 0 Å². The lowest BCUT2D eigenvalue weighted by Gasteiger charge is -2.35. The molecule has 1 spiro atoms. The molecular weight excluding hydrogens is 500 g/mol. The molecule has 1 saturated heterocycles. The van der Waals surface area contributed by atoms with Crippen LogP contribution < -0.4 is 10.1 Å². The fourth-order valence-corrected chi connectivity index (χ4v) is 6.74. The largest absolute Gasteiger partial charge is 0.497 e. The monoisotopic (exact) mass is 534 g/mol. The van der Waals surface area contributed by atoms with E-state index >= 15 is 0 Å². The first kappa shape index (κ1) is 25.1. The Balaban J connectivity index is 1.09. The minimum Gasteiger partial charge on any atom is -0.497 e. The van der Waals surface area contributed by atoms with Gasteiger partial charge in [-0.3, -0.25) is 14.8 Å². The van der Waals surface area contributed by atoms with Crippen LogP contribution in [-0.2, 0) is 21.5 Å². The summed E-state index contributed by atoms with van der Waals surface area (Å²) in [4.78, 5) is 15.5. The zero-order valence-electron chi connectivity index (χ0n) is 23.1. The van der Waals surface area contributed by atoms with E-state index in [2.05, 4.69) is 88.9 Å². The average Bonchev–Trinajstić information content (AvgIpc) is 3.48. The smallest absolute Gasteiger partial charge is 0.235 e. The zero-order valence-corrected chi connectivity index (χ0v) is 23.1. The molecule has 0 radical (unpaired) electrons. The predicted molar refractivity (Wildman–Crippen MR) is 157 cm³/mol. The normalized spacial score (nSPS) is 26.0. The number of nitrogens with one attached hydrogen (secondary N) is 2. The van der Waals surface area contributed by atoms with E-state index in [0.717, 1.165) is 70.8 Å². The molecule has 204 valence electrons. The average molecular weight is 535 g/mol. The van der Waals surface area contributed by atoms with Gasteiger partial charge in [-0.1, -0.05) is 42.5 Å². The fourth-order valence-electron chi connectivity index (χ4n) is 6.74. The van der Waals surface area contributed by atoms with Gasteiger partial charge in [-0.15, -0.1) is 0 Å². The zero-order chi connectivity index (χ0) is 27.4. The van der Waals surface area contributed by atoms with Crippen LogP contribution in [0.5, 0.6) is 5.75 Å². The molecule has 3 aliphatic rings. The molecule has 4 atom stereocenters. The van der Waals surface area contributed by atoms with Crippen molar-refractivity contribution in [3.8, 4) is 5.75 Å². The van der Waals surface area contributed by atoms with Crippen LogP contribution in [0.25, 0.3) is 23.1 Å². The summed E-state index contributed by atoms with van der Waals surface area (Å²) in [7, 11) is 1.66. The van der Waals surface area contributed by atoms with Gasteiger partial charge in [0, 0.05) is 36.6 Å². The Labute approximate surface area is 234 Å². The molecule has 1 saturated carbocycles. The van der Waals surface area contributed by atoms with Gasteiger partial charge in [0.05, 0.1) is 35.9 Å². The van der Waals surface area contributed by atoms with E-state index in [1.165, 1.54) is 5.56 Å². The lowest BCUT2D eigenvalue weighted by molar-refractivity contribution is -0.118. The van der Waals surface area contributed by atoms with Crippen molar-refractivity contribution in [1.29, 1.82) is 0 Å². The number of hydrogen-bond acceptors (Lipinski definition) is 5. The van der Waals surface area contributed by atoms with Crippen molar-refractivity contribution in [2.75, 3.05) is 25.5 Å². The van der Waals surface area contributed by atoms with E-state index in [4.69, 9.17) is 9.47 Å². The molecule has 2 fully saturated rings. The van der Waals surface area contributed by atoms with E-state index in [9.17, 15) is 4.79 Å². The number of aromatic amines is 1. The molecule has 3 heterocycles. The predicted octanol–water partition coefficient (Wildman–Crippen LogP) is 5.73. The first-order chi connectivity index (χ1) is 19.4. The van der Waals surface area contributed by atoms with Crippen LogP contribution in [0, 0.1) is 0 Å². The van der Waals surface area contributed by atoms with Crippen molar-refractivity contribution in [3.05, 3.63) is 88.6 Å². The van der Waals surface area contributed by atoms with Gasteiger partial charge in [0.25, 0.3) is 0 Å². The summed E-state index contributed by atoms with van der Waals surface area (Å²) >= 11 is 0. The SMILES string of the molecule is COc1ccc2c(c1)[C@]1(C[C@H]1c1ccc3c(/C=C/c4cccc(CN5C[C@@H](C)O[C@@H](C)C5)c4)n[nH]c3c1)C(=O)N2. The third-order valence-corrected chi connectivity index (χ3v) is 8.63. The Kier molecular flexibility index (Phi) is 6.02. The third-order valence-electron chi connectivity index (χ3n) is 8.63. The van der Waals surface area contributed by atoms with Gasteiger partial charge in [0.15, 0.2) is 0 Å². The number of methoxy groups -OCH3 is 1. The Morgan fingerprint density at radius 3 is 2.75 bits per heavy atom. The van der Waals surface area contributed by atoms with E-state index < -0.39 is 5.41 Å². The topological polar surface area (TPSA) is 79.5 Å². The number of hydrogen-bond donors (Lipinski definition) is 2. The number of aromatic nitrogens is 2. The molecule has 4 aromatic rings. The lowest BCUT2D eigenvalue weighted by Crippen LogP contribution is -2.44. The Hall–Kier alpha value is -3.94. The van der Waals surface area contributed by atoms with Crippen LogP contribution in [0.2, 0.25) is 0 Å². The molecular formula is C33H34N4O3. The first-order valence-electron chi connectivity index (χ1n) is 14.1. The maximum Gasteiger partial charge on any atom is 0.235 e. The second-order valence-electron chi connectivity index (χ2n) is 11.5. The van der Waals surface area contributed by atoms with Crippen molar-refractivity contribution < 1.29 is 14.3 Å². The maximum atomic E-state index is 13.1. The van der Waals surface area contributed by atoms with Gasteiger partial charge in [-0.25, -0.2) is 0 Å². The second kappa shape index (κ2) is 9.61. The summed E-state index contributed by atoms with van der Waals surface area (Å²) in [6.45, 7) is 7.12. The number of carbonyl (C=O) groups excluding carboxylic acids is 1. The van der Waals surface area contributed by atoms with Crippen molar-refractivity contribution in [2.45, 2.75) is 50.4 Å². The molecule has 0 unspecified atom stereocenters. The number of rotatable bonds is 6. The third kappa shape index (κ3) is 4.30. The van der Waals surface area contributed by atoms with Crippen molar-refractivity contribution >= 4 is 34.6 Å². The first-order valence-corrected chi connectivity index (χ1v) is 14.1. The van der Waals surface area contributed by atoms with Crippen LogP contribution in [0.1, 0.15) is 54.1 Å². The summed E-state index contributed by atoms with van der Waals surface area (Å²) in [5.41, 5.74) is 6.90. The summed E-state index contributed by atoms with van der Waals surface area (Å²) in [5.74, 6) is 0.984. The van der Waals surface area contributed by atoms with Gasteiger partial charge < -0.3 is 14.8 Å². The standard InChI is InChI=1S/C33H34N4O3/c1-20-17-37(18-21(2)40-20)19-23-6-4-5-22(13-23)7-11-29-26-10-8-24(14-31(26)36-35-29)28-16-33(28)27-15-25(39-3)9-12-30(27)34-32(33)38/h4-15,20-21,28H,16-19H2,1-3H3,(H,34,38)(H,35,36)/b11-7+/t20-,21+,28-,33-/m0/s1. The minimum absolute atomic E-state index is 0.0777.